The molecule has 2 N–H and O–H groups in total. The molecule has 102 valence electrons. The average Bonchev–Trinajstić information content (AvgIpc) is 2.30. The molecule has 3 nitrogen and oxygen atoms in total. The number of halogens is 3. The maximum Gasteiger partial charge on any atom is 0.313 e. The van der Waals surface area contributed by atoms with Crippen LogP contribution in [-0.4, -0.2) is 13.1 Å². The molecule has 0 aromatic heterocycles. The third kappa shape index (κ3) is 3.13. The smallest absolute Gasteiger partial charge is 0.313 e. The Kier molecular flexibility index (Phi) is 6.07. The van der Waals surface area contributed by atoms with E-state index in [9.17, 15) is 9.18 Å². The van der Waals surface area contributed by atoms with E-state index in [-0.39, 0.29) is 23.0 Å². The second-order valence-electron chi connectivity index (χ2n) is 4.33. The SMILES string of the molecule is COC(=O)C(C)(C)[C@@H](N)c1cccc(Cl)c1F.Cl. The number of carbonyl (C=O) groups excluding carboxylic acids is 1. The molecular weight excluding hydrogens is 280 g/mol. The van der Waals surface area contributed by atoms with E-state index in [1.165, 1.54) is 19.2 Å². The van der Waals surface area contributed by atoms with Gasteiger partial charge in [0.25, 0.3) is 0 Å². The van der Waals surface area contributed by atoms with Gasteiger partial charge in [-0.05, 0) is 19.9 Å². The molecule has 0 fully saturated rings. The van der Waals surface area contributed by atoms with Gasteiger partial charge in [0.05, 0.1) is 17.5 Å². The fourth-order valence-electron chi connectivity index (χ4n) is 1.54. The largest absolute Gasteiger partial charge is 0.469 e. The summed E-state index contributed by atoms with van der Waals surface area (Å²) in [6.45, 7) is 3.20. The molecule has 18 heavy (non-hydrogen) atoms. The minimum atomic E-state index is -1.03. The number of nitrogens with two attached hydrogens (primary N) is 1. The zero-order valence-electron chi connectivity index (χ0n) is 10.4. The molecule has 0 spiro atoms. The van der Waals surface area contributed by atoms with E-state index in [2.05, 4.69) is 4.74 Å². The summed E-state index contributed by atoms with van der Waals surface area (Å²) in [6, 6.07) is 3.71. The van der Waals surface area contributed by atoms with Gasteiger partial charge in [-0.1, -0.05) is 23.7 Å². The predicted molar refractivity (Wildman–Crippen MR) is 71.4 cm³/mol. The number of methoxy groups -OCH3 is 1. The number of rotatable bonds is 3. The Morgan fingerprint density at radius 3 is 2.56 bits per heavy atom. The topological polar surface area (TPSA) is 52.3 Å². The molecule has 0 heterocycles. The third-order valence-corrected chi connectivity index (χ3v) is 3.10. The van der Waals surface area contributed by atoms with E-state index < -0.39 is 23.2 Å². The van der Waals surface area contributed by atoms with Crippen LogP contribution in [0.25, 0.3) is 0 Å². The highest BCUT2D eigenvalue weighted by Gasteiger charge is 2.38. The standard InChI is InChI=1S/C12H15ClFNO2.ClH/c1-12(2,11(16)17-3)10(15)7-5-4-6-8(13)9(7)14;/h4-6,10H,15H2,1-3H3;1H/t10-;/m0./s1. The number of ether oxygens (including phenoxy) is 1. The Balaban J connectivity index is 0.00000289. The molecular formula is C12H16Cl2FNO2. The molecule has 0 saturated carbocycles. The molecule has 0 aliphatic rings. The van der Waals surface area contributed by atoms with Crippen LogP contribution in [0.4, 0.5) is 4.39 Å². The van der Waals surface area contributed by atoms with Crippen molar-refractivity contribution in [3.05, 3.63) is 34.6 Å². The van der Waals surface area contributed by atoms with Crippen LogP contribution < -0.4 is 5.73 Å². The fourth-order valence-corrected chi connectivity index (χ4v) is 1.72. The predicted octanol–water partition coefficient (Wildman–Crippen LogP) is 3.10. The molecule has 0 bridgehead atoms. The summed E-state index contributed by atoms with van der Waals surface area (Å²) in [7, 11) is 1.27. The zero-order chi connectivity index (χ0) is 13.2. The van der Waals surface area contributed by atoms with Crippen LogP contribution in [0.1, 0.15) is 25.5 Å². The van der Waals surface area contributed by atoms with Crippen molar-refractivity contribution >= 4 is 30.0 Å². The Bertz CT molecular complexity index is 438. The number of esters is 1. The van der Waals surface area contributed by atoms with Crippen molar-refractivity contribution in [2.24, 2.45) is 11.1 Å². The van der Waals surface area contributed by atoms with Gasteiger partial charge in [-0.2, -0.15) is 0 Å². The van der Waals surface area contributed by atoms with E-state index in [0.29, 0.717) is 0 Å². The number of benzene rings is 1. The van der Waals surface area contributed by atoms with Crippen molar-refractivity contribution in [1.82, 2.24) is 0 Å². The van der Waals surface area contributed by atoms with Crippen molar-refractivity contribution in [3.8, 4) is 0 Å². The summed E-state index contributed by atoms with van der Waals surface area (Å²) < 4.78 is 18.4. The summed E-state index contributed by atoms with van der Waals surface area (Å²) in [6.07, 6.45) is 0. The summed E-state index contributed by atoms with van der Waals surface area (Å²) in [5, 5.41) is -0.0152. The van der Waals surface area contributed by atoms with Crippen LogP contribution in [-0.2, 0) is 9.53 Å². The molecule has 0 aliphatic heterocycles. The van der Waals surface area contributed by atoms with E-state index in [1.54, 1.807) is 19.9 Å². The summed E-state index contributed by atoms with van der Waals surface area (Å²) in [5.41, 5.74) is 5.09. The van der Waals surface area contributed by atoms with E-state index >= 15 is 0 Å². The Hall–Kier alpha value is -0.840. The van der Waals surface area contributed by atoms with Gasteiger partial charge in [0.1, 0.15) is 5.82 Å². The first-order chi connectivity index (χ1) is 7.82. The van der Waals surface area contributed by atoms with E-state index in [0.717, 1.165) is 0 Å². The first kappa shape index (κ1) is 17.2. The van der Waals surface area contributed by atoms with Crippen molar-refractivity contribution in [2.45, 2.75) is 19.9 Å². The molecule has 0 radical (unpaired) electrons. The maximum absolute atomic E-state index is 13.8. The molecule has 0 aliphatic carbocycles. The van der Waals surface area contributed by atoms with Crippen molar-refractivity contribution in [3.63, 3.8) is 0 Å². The monoisotopic (exact) mass is 295 g/mol. The summed E-state index contributed by atoms with van der Waals surface area (Å²) in [4.78, 5) is 11.6. The van der Waals surface area contributed by atoms with Crippen molar-refractivity contribution in [1.29, 1.82) is 0 Å². The van der Waals surface area contributed by atoms with Crippen LogP contribution in [0.3, 0.4) is 0 Å². The molecule has 6 heteroatoms. The van der Waals surface area contributed by atoms with Gasteiger partial charge in [-0.25, -0.2) is 4.39 Å². The number of hydrogen-bond donors (Lipinski definition) is 1. The average molecular weight is 296 g/mol. The van der Waals surface area contributed by atoms with Gasteiger partial charge in [0, 0.05) is 11.6 Å². The van der Waals surface area contributed by atoms with Crippen molar-refractivity contribution in [2.75, 3.05) is 7.11 Å². The minimum Gasteiger partial charge on any atom is -0.469 e. The molecule has 1 rings (SSSR count). The van der Waals surface area contributed by atoms with Crippen LogP contribution >= 0.6 is 24.0 Å². The normalized spacial score (nSPS) is 12.6. The lowest BCUT2D eigenvalue weighted by Gasteiger charge is -2.29. The Morgan fingerprint density at radius 2 is 2.06 bits per heavy atom. The van der Waals surface area contributed by atoms with Crippen LogP contribution in [0.5, 0.6) is 0 Å². The van der Waals surface area contributed by atoms with Gasteiger partial charge in [-0.3, -0.25) is 4.79 Å². The van der Waals surface area contributed by atoms with Crippen LogP contribution in [0, 0.1) is 11.2 Å². The first-order valence-corrected chi connectivity index (χ1v) is 5.48. The Morgan fingerprint density at radius 1 is 1.50 bits per heavy atom. The van der Waals surface area contributed by atoms with Gasteiger partial charge in [0.15, 0.2) is 0 Å². The lowest BCUT2D eigenvalue weighted by atomic mass is 9.81. The van der Waals surface area contributed by atoms with Crippen LogP contribution in [0.2, 0.25) is 5.02 Å². The molecule has 1 atom stereocenters. The highest BCUT2D eigenvalue weighted by Crippen LogP contribution is 2.35. The fraction of sp³-hybridized carbons (Fsp3) is 0.417. The van der Waals surface area contributed by atoms with Gasteiger partial charge >= 0.3 is 5.97 Å². The quantitative estimate of drug-likeness (QED) is 0.872. The second-order valence-corrected chi connectivity index (χ2v) is 4.74. The van der Waals surface area contributed by atoms with Crippen molar-refractivity contribution < 1.29 is 13.9 Å². The summed E-state index contributed by atoms with van der Waals surface area (Å²) in [5.74, 6) is -1.09. The minimum absolute atomic E-state index is 0. The van der Waals surface area contributed by atoms with Crippen LogP contribution in [0.15, 0.2) is 18.2 Å². The van der Waals surface area contributed by atoms with Gasteiger partial charge in [0.2, 0.25) is 0 Å². The molecule has 0 unspecified atom stereocenters. The van der Waals surface area contributed by atoms with Gasteiger partial charge in [-0.15, -0.1) is 12.4 Å². The zero-order valence-corrected chi connectivity index (χ0v) is 11.9. The number of hydrogen-bond acceptors (Lipinski definition) is 3. The Labute approximate surface area is 117 Å². The second kappa shape index (κ2) is 6.36. The first-order valence-electron chi connectivity index (χ1n) is 5.10. The number of carbonyl (C=O) groups is 1. The molecule has 1 aromatic carbocycles. The highest BCUT2D eigenvalue weighted by molar-refractivity contribution is 6.30. The highest BCUT2D eigenvalue weighted by atomic mass is 35.5. The van der Waals surface area contributed by atoms with Gasteiger partial charge < -0.3 is 10.5 Å². The molecule has 1 aromatic rings. The van der Waals surface area contributed by atoms with E-state index in [4.69, 9.17) is 17.3 Å². The maximum atomic E-state index is 13.8. The third-order valence-electron chi connectivity index (χ3n) is 2.81. The summed E-state index contributed by atoms with van der Waals surface area (Å²) >= 11 is 5.67. The molecule has 0 amide bonds. The lowest BCUT2D eigenvalue weighted by molar-refractivity contribution is -0.152. The lowest BCUT2D eigenvalue weighted by Crippen LogP contribution is -2.37. The molecule has 0 saturated heterocycles. The van der Waals surface area contributed by atoms with E-state index in [1.807, 2.05) is 0 Å².